The summed E-state index contributed by atoms with van der Waals surface area (Å²) in [4.78, 5) is 18.6. The van der Waals surface area contributed by atoms with Crippen LogP contribution in [0.15, 0.2) is 12.1 Å². The number of nitrogens with zero attached hydrogens (tertiary/aromatic N) is 2. The highest BCUT2D eigenvalue weighted by Crippen LogP contribution is 2.34. The molecular formula is C15H20N4OS. The predicted molar refractivity (Wildman–Crippen MR) is 87.8 cm³/mol. The van der Waals surface area contributed by atoms with Crippen LogP contribution in [0.5, 0.6) is 0 Å². The number of hydrogen-bond acceptors (Lipinski definition) is 5. The maximum Gasteiger partial charge on any atom is 0.224 e. The Labute approximate surface area is 128 Å². The van der Waals surface area contributed by atoms with Gasteiger partial charge in [-0.15, -0.1) is 11.3 Å². The van der Waals surface area contributed by atoms with Crippen molar-refractivity contribution in [1.82, 2.24) is 10.3 Å². The monoisotopic (exact) mass is 304 g/mol. The Balaban J connectivity index is 1.91. The van der Waals surface area contributed by atoms with Crippen LogP contribution in [0, 0.1) is 12.8 Å². The summed E-state index contributed by atoms with van der Waals surface area (Å²) in [5, 5.41) is 3.79. The molecule has 0 aliphatic carbocycles. The number of carbonyl (C=O) groups is 1. The van der Waals surface area contributed by atoms with E-state index in [1.54, 1.807) is 18.4 Å². The van der Waals surface area contributed by atoms with E-state index in [0.717, 1.165) is 52.5 Å². The fourth-order valence-electron chi connectivity index (χ4n) is 2.98. The zero-order valence-corrected chi connectivity index (χ0v) is 13.2. The molecule has 5 nitrogen and oxygen atoms in total. The molecule has 1 fully saturated rings. The summed E-state index contributed by atoms with van der Waals surface area (Å²) >= 11 is 1.66. The van der Waals surface area contributed by atoms with E-state index in [4.69, 9.17) is 5.73 Å². The summed E-state index contributed by atoms with van der Waals surface area (Å²) in [6.45, 7) is 3.66. The van der Waals surface area contributed by atoms with Crippen LogP contribution in [0.1, 0.15) is 17.8 Å². The van der Waals surface area contributed by atoms with Crippen LogP contribution in [-0.4, -0.2) is 31.0 Å². The number of hydrogen-bond donors (Lipinski definition) is 2. The number of nitrogens with one attached hydrogen (secondary N) is 1. The van der Waals surface area contributed by atoms with Crippen molar-refractivity contribution in [3.63, 3.8) is 0 Å². The van der Waals surface area contributed by atoms with Crippen molar-refractivity contribution in [1.29, 1.82) is 0 Å². The topological polar surface area (TPSA) is 71.2 Å². The minimum Gasteiger partial charge on any atom is -0.397 e. The Morgan fingerprint density at radius 2 is 2.33 bits per heavy atom. The van der Waals surface area contributed by atoms with Crippen LogP contribution < -0.4 is 16.0 Å². The Bertz CT molecular complexity index is 682. The largest absolute Gasteiger partial charge is 0.397 e. The van der Waals surface area contributed by atoms with Gasteiger partial charge in [0.2, 0.25) is 5.91 Å². The standard InChI is InChI=1S/C15H20N4OS/c1-9-18-12-7-13(11(16)6-14(12)21-9)19-5-3-4-10(8-19)15(20)17-2/h6-7,10H,3-5,8,16H2,1-2H3,(H,17,20). The average Bonchev–Trinajstić information content (AvgIpc) is 2.84. The molecule has 112 valence electrons. The molecule has 0 saturated carbocycles. The molecule has 2 heterocycles. The predicted octanol–water partition coefficient (Wildman–Crippen LogP) is 2.15. The Morgan fingerprint density at radius 1 is 1.52 bits per heavy atom. The average molecular weight is 304 g/mol. The summed E-state index contributed by atoms with van der Waals surface area (Å²) < 4.78 is 1.12. The van der Waals surface area contributed by atoms with Crippen molar-refractivity contribution < 1.29 is 4.79 Å². The van der Waals surface area contributed by atoms with Crippen LogP contribution in [0.25, 0.3) is 10.2 Å². The van der Waals surface area contributed by atoms with Crippen molar-refractivity contribution in [2.45, 2.75) is 19.8 Å². The van der Waals surface area contributed by atoms with Gasteiger partial charge in [0, 0.05) is 20.1 Å². The van der Waals surface area contributed by atoms with E-state index in [1.165, 1.54) is 0 Å². The van der Waals surface area contributed by atoms with Crippen molar-refractivity contribution >= 4 is 38.8 Å². The van der Waals surface area contributed by atoms with E-state index in [1.807, 2.05) is 13.0 Å². The third-order valence-corrected chi connectivity index (χ3v) is 4.96. The third-order valence-electron chi connectivity index (χ3n) is 4.02. The first-order chi connectivity index (χ1) is 10.1. The maximum absolute atomic E-state index is 11.9. The van der Waals surface area contributed by atoms with Crippen LogP contribution in [0.2, 0.25) is 0 Å². The number of piperidine rings is 1. The lowest BCUT2D eigenvalue weighted by molar-refractivity contribution is -0.124. The van der Waals surface area contributed by atoms with E-state index in [2.05, 4.69) is 21.3 Å². The molecule has 1 aromatic heterocycles. The quantitative estimate of drug-likeness (QED) is 0.834. The Morgan fingerprint density at radius 3 is 3.10 bits per heavy atom. The van der Waals surface area contributed by atoms with Gasteiger partial charge in [0.1, 0.15) is 0 Å². The minimum atomic E-state index is 0.0380. The van der Waals surface area contributed by atoms with E-state index in [0.29, 0.717) is 0 Å². The molecule has 6 heteroatoms. The van der Waals surface area contributed by atoms with Gasteiger partial charge in [0.05, 0.1) is 32.5 Å². The van der Waals surface area contributed by atoms with Gasteiger partial charge >= 0.3 is 0 Å². The van der Waals surface area contributed by atoms with E-state index in [-0.39, 0.29) is 11.8 Å². The van der Waals surface area contributed by atoms with E-state index in [9.17, 15) is 4.79 Å². The fourth-order valence-corrected chi connectivity index (χ4v) is 3.84. The molecule has 0 spiro atoms. The van der Waals surface area contributed by atoms with Gasteiger partial charge in [0.25, 0.3) is 0 Å². The Hall–Kier alpha value is -1.82. The molecule has 1 aromatic carbocycles. The lowest BCUT2D eigenvalue weighted by Gasteiger charge is -2.34. The molecule has 3 rings (SSSR count). The molecule has 1 saturated heterocycles. The van der Waals surface area contributed by atoms with Gasteiger partial charge in [-0.2, -0.15) is 0 Å². The number of anilines is 2. The summed E-state index contributed by atoms with van der Waals surface area (Å²) in [6.07, 6.45) is 1.94. The van der Waals surface area contributed by atoms with Crippen LogP contribution >= 0.6 is 11.3 Å². The smallest absolute Gasteiger partial charge is 0.224 e. The highest BCUT2D eigenvalue weighted by Gasteiger charge is 2.26. The molecule has 3 N–H and O–H groups in total. The van der Waals surface area contributed by atoms with Crippen molar-refractivity contribution in [2.75, 3.05) is 30.8 Å². The molecule has 0 bridgehead atoms. The number of rotatable bonds is 2. The highest BCUT2D eigenvalue weighted by molar-refractivity contribution is 7.18. The maximum atomic E-state index is 11.9. The molecule has 1 unspecified atom stereocenters. The van der Waals surface area contributed by atoms with Crippen molar-refractivity contribution in [3.05, 3.63) is 17.1 Å². The summed E-state index contributed by atoms with van der Waals surface area (Å²) in [5.41, 5.74) is 8.98. The lowest BCUT2D eigenvalue weighted by Crippen LogP contribution is -2.42. The van der Waals surface area contributed by atoms with Crippen LogP contribution in [0.4, 0.5) is 11.4 Å². The van der Waals surface area contributed by atoms with Gasteiger partial charge in [-0.05, 0) is 31.9 Å². The number of aromatic nitrogens is 1. The second kappa shape index (κ2) is 5.52. The minimum absolute atomic E-state index is 0.0380. The number of aryl methyl sites for hydroxylation is 1. The van der Waals surface area contributed by atoms with Gasteiger partial charge in [0.15, 0.2) is 0 Å². The number of nitrogen functional groups attached to an aromatic ring is 1. The van der Waals surface area contributed by atoms with E-state index < -0.39 is 0 Å². The summed E-state index contributed by atoms with van der Waals surface area (Å²) in [5.74, 6) is 0.153. The zero-order valence-electron chi connectivity index (χ0n) is 12.3. The molecule has 1 aliphatic rings. The number of carbonyl (C=O) groups excluding carboxylic acids is 1. The molecule has 0 radical (unpaired) electrons. The highest BCUT2D eigenvalue weighted by atomic mass is 32.1. The normalized spacial score (nSPS) is 19.0. The SMILES string of the molecule is CNC(=O)C1CCCN(c2cc3nc(C)sc3cc2N)C1. The number of thiazole rings is 1. The second-order valence-electron chi connectivity index (χ2n) is 5.51. The first-order valence-electron chi connectivity index (χ1n) is 7.21. The van der Waals surface area contributed by atoms with Crippen LogP contribution in [0.3, 0.4) is 0 Å². The third kappa shape index (κ3) is 2.68. The molecule has 1 amide bonds. The Kier molecular flexibility index (Phi) is 3.71. The first-order valence-corrected chi connectivity index (χ1v) is 8.03. The van der Waals surface area contributed by atoms with Crippen molar-refractivity contribution in [3.8, 4) is 0 Å². The molecule has 1 atom stereocenters. The van der Waals surface area contributed by atoms with Gasteiger partial charge in [-0.25, -0.2) is 4.98 Å². The van der Waals surface area contributed by atoms with Gasteiger partial charge in [-0.3, -0.25) is 4.79 Å². The zero-order chi connectivity index (χ0) is 15.0. The number of amides is 1. The summed E-state index contributed by atoms with van der Waals surface area (Å²) in [6, 6.07) is 4.05. The van der Waals surface area contributed by atoms with Gasteiger partial charge < -0.3 is 16.0 Å². The first kappa shape index (κ1) is 14.1. The lowest BCUT2D eigenvalue weighted by atomic mass is 9.96. The molecule has 1 aliphatic heterocycles. The molecule has 2 aromatic rings. The number of fused-ring (bicyclic) bond motifs is 1. The summed E-state index contributed by atoms with van der Waals surface area (Å²) in [7, 11) is 1.69. The molecular weight excluding hydrogens is 284 g/mol. The van der Waals surface area contributed by atoms with E-state index >= 15 is 0 Å². The van der Waals surface area contributed by atoms with Crippen molar-refractivity contribution in [2.24, 2.45) is 5.92 Å². The van der Waals surface area contributed by atoms with Gasteiger partial charge in [-0.1, -0.05) is 0 Å². The number of benzene rings is 1. The van der Waals surface area contributed by atoms with Crippen LogP contribution in [-0.2, 0) is 4.79 Å². The fraction of sp³-hybridized carbons (Fsp3) is 0.467. The second-order valence-corrected chi connectivity index (χ2v) is 6.75. The molecule has 21 heavy (non-hydrogen) atoms. The number of nitrogens with two attached hydrogens (primary N) is 1.